The number of nitro benzene ring substituents is 1. The zero-order chi connectivity index (χ0) is 18.9. The number of nitrogens with zero attached hydrogens (tertiary/aromatic N) is 2. The number of nitro groups is 1. The summed E-state index contributed by atoms with van der Waals surface area (Å²) < 4.78 is 5.28. The second kappa shape index (κ2) is 8.92. The molecule has 0 saturated heterocycles. The fourth-order valence-corrected chi connectivity index (χ4v) is 1.96. The van der Waals surface area contributed by atoms with E-state index in [0.717, 1.165) is 6.21 Å². The monoisotopic (exact) mass is 356 g/mol. The highest BCUT2D eigenvalue weighted by atomic mass is 16.6. The molecule has 0 aliphatic rings. The number of ether oxygens (including phenoxy) is 1. The van der Waals surface area contributed by atoms with Crippen LogP contribution in [0.1, 0.15) is 12.5 Å². The summed E-state index contributed by atoms with van der Waals surface area (Å²) in [5.41, 5.74) is 2.47. The number of hydrazone groups is 1. The zero-order valence-corrected chi connectivity index (χ0v) is 13.8. The Kier molecular flexibility index (Phi) is 6.38. The van der Waals surface area contributed by atoms with Gasteiger partial charge in [0.05, 0.1) is 23.3 Å². The number of rotatable bonds is 6. The van der Waals surface area contributed by atoms with Gasteiger partial charge >= 0.3 is 11.8 Å². The van der Waals surface area contributed by atoms with Crippen LogP contribution < -0.4 is 15.5 Å². The molecule has 0 radical (unpaired) electrons. The van der Waals surface area contributed by atoms with E-state index in [-0.39, 0.29) is 11.3 Å². The third-order valence-electron chi connectivity index (χ3n) is 3.13. The van der Waals surface area contributed by atoms with Gasteiger partial charge in [-0.3, -0.25) is 19.7 Å². The van der Waals surface area contributed by atoms with Crippen molar-refractivity contribution in [3.63, 3.8) is 0 Å². The van der Waals surface area contributed by atoms with E-state index in [1.54, 1.807) is 30.3 Å². The number of para-hydroxylation sites is 1. The molecule has 0 saturated carbocycles. The van der Waals surface area contributed by atoms with E-state index in [2.05, 4.69) is 10.4 Å². The van der Waals surface area contributed by atoms with Gasteiger partial charge in [0.15, 0.2) is 0 Å². The molecule has 0 aliphatic carbocycles. The van der Waals surface area contributed by atoms with Crippen LogP contribution in [-0.4, -0.2) is 29.6 Å². The molecule has 9 nitrogen and oxygen atoms in total. The lowest BCUT2D eigenvalue weighted by Crippen LogP contribution is -2.32. The molecule has 0 fully saturated rings. The minimum atomic E-state index is -1.01. The molecule has 0 atom stereocenters. The Morgan fingerprint density at radius 3 is 2.50 bits per heavy atom. The van der Waals surface area contributed by atoms with Crippen LogP contribution in [0.2, 0.25) is 0 Å². The normalized spacial score (nSPS) is 10.3. The molecule has 0 aromatic heterocycles. The van der Waals surface area contributed by atoms with E-state index in [1.165, 1.54) is 18.2 Å². The molecule has 134 valence electrons. The van der Waals surface area contributed by atoms with Crippen molar-refractivity contribution >= 4 is 29.4 Å². The summed E-state index contributed by atoms with van der Waals surface area (Å²) in [7, 11) is 0. The first-order valence-corrected chi connectivity index (χ1v) is 7.62. The molecule has 2 aromatic rings. The van der Waals surface area contributed by atoms with Crippen molar-refractivity contribution in [3.8, 4) is 5.75 Å². The Bertz CT molecular complexity index is 833. The first kappa shape index (κ1) is 18.6. The van der Waals surface area contributed by atoms with Gasteiger partial charge in [0, 0.05) is 11.8 Å². The fourth-order valence-electron chi connectivity index (χ4n) is 1.96. The van der Waals surface area contributed by atoms with E-state index >= 15 is 0 Å². The van der Waals surface area contributed by atoms with Gasteiger partial charge in [-0.25, -0.2) is 5.43 Å². The standard InChI is InChI=1S/C17H16N4O5/c1-2-26-14-9-7-13(8-10-14)19-16(22)17(23)20-18-11-12-5-3-4-6-15(12)21(24)25/h3-11H,2H2,1H3,(H,19,22)(H,20,23)/b18-11+. The molecule has 26 heavy (non-hydrogen) atoms. The minimum absolute atomic E-state index is 0.163. The largest absolute Gasteiger partial charge is 0.494 e. The highest BCUT2D eigenvalue weighted by molar-refractivity contribution is 6.39. The van der Waals surface area contributed by atoms with Crippen molar-refractivity contribution in [3.05, 3.63) is 64.2 Å². The molecule has 0 heterocycles. The summed E-state index contributed by atoms with van der Waals surface area (Å²) in [4.78, 5) is 33.8. The van der Waals surface area contributed by atoms with E-state index in [4.69, 9.17) is 4.74 Å². The number of nitrogens with one attached hydrogen (secondary N) is 2. The summed E-state index contributed by atoms with van der Waals surface area (Å²) in [6.45, 7) is 2.37. The molecule has 2 amide bonds. The molecule has 2 aromatic carbocycles. The van der Waals surface area contributed by atoms with E-state index in [1.807, 2.05) is 12.3 Å². The summed E-state index contributed by atoms with van der Waals surface area (Å²) in [5.74, 6) is -1.29. The Morgan fingerprint density at radius 1 is 1.15 bits per heavy atom. The van der Waals surface area contributed by atoms with Crippen molar-refractivity contribution in [2.45, 2.75) is 6.92 Å². The zero-order valence-electron chi connectivity index (χ0n) is 13.8. The molecule has 0 bridgehead atoms. The highest BCUT2D eigenvalue weighted by Crippen LogP contribution is 2.16. The van der Waals surface area contributed by atoms with Gasteiger partial charge in [0.1, 0.15) is 5.75 Å². The maximum atomic E-state index is 11.8. The maximum absolute atomic E-state index is 11.8. The van der Waals surface area contributed by atoms with Crippen molar-refractivity contribution in [2.24, 2.45) is 5.10 Å². The number of carbonyl (C=O) groups is 2. The number of benzene rings is 2. The quantitative estimate of drug-likeness (QED) is 0.355. The first-order valence-electron chi connectivity index (χ1n) is 7.62. The Morgan fingerprint density at radius 2 is 1.85 bits per heavy atom. The van der Waals surface area contributed by atoms with Crippen LogP contribution in [0.5, 0.6) is 5.75 Å². The maximum Gasteiger partial charge on any atom is 0.329 e. The average molecular weight is 356 g/mol. The molecule has 0 spiro atoms. The minimum Gasteiger partial charge on any atom is -0.494 e. The SMILES string of the molecule is CCOc1ccc(NC(=O)C(=O)N/N=C/c2ccccc2[N+](=O)[O-])cc1. The Balaban J connectivity index is 1.93. The van der Waals surface area contributed by atoms with Crippen molar-refractivity contribution in [2.75, 3.05) is 11.9 Å². The van der Waals surface area contributed by atoms with Crippen LogP contribution in [0.15, 0.2) is 53.6 Å². The Labute approximate surface area is 148 Å². The number of amides is 2. The van der Waals surface area contributed by atoms with E-state index in [0.29, 0.717) is 18.0 Å². The van der Waals surface area contributed by atoms with Gasteiger partial charge in [0.2, 0.25) is 0 Å². The average Bonchev–Trinajstić information content (AvgIpc) is 2.63. The summed E-state index contributed by atoms with van der Waals surface area (Å²) in [5, 5.41) is 16.9. The third kappa shape index (κ3) is 5.13. The molecule has 0 unspecified atom stereocenters. The third-order valence-corrected chi connectivity index (χ3v) is 3.13. The predicted octanol–water partition coefficient (Wildman–Crippen LogP) is 2.08. The van der Waals surface area contributed by atoms with E-state index < -0.39 is 16.7 Å². The highest BCUT2D eigenvalue weighted by Gasteiger charge is 2.14. The molecular formula is C17H16N4O5. The van der Waals surface area contributed by atoms with Gasteiger partial charge in [-0.05, 0) is 37.3 Å². The van der Waals surface area contributed by atoms with Gasteiger partial charge in [-0.15, -0.1) is 0 Å². The van der Waals surface area contributed by atoms with Crippen LogP contribution in [0.4, 0.5) is 11.4 Å². The van der Waals surface area contributed by atoms with Gasteiger partial charge in [-0.1, -0.05) is 12.1 Å². The molecule has 9 heteroatoms. The summed E-state index contributed by atoms with van der Waals surface area (Å²) in [6.07, 6.45) is 1.10. The van der Waals surface area contributed by atoms with E-state index in [9.17, 15) is 19.7 Å². The van der Waals surface area contributed by atoms with Crippen LogP contribution >= 0.6 is 0 Å². The summed E-state index contributed by atoms with van der Waals surface area (Å²) in [6, 6.07) is 12.4. The fraction of sp³-hybridized carbons (Fsp3) is 0.118. The topological polar surface area (TPSA) is 123 Å². The number of hydrogen-bond donors (Lipinski definition) is 2. The van der Waals surface area contributed by atoms with Crippen LogP contribution in [0.25, 0.3) is 0 Å². The number of hydrogen-bond acceptors (Lipinski definition) is 6. The van der Waals surface area contributed by atoms with Crippen LogP contribution in [0.3, 0.4) is 0 Å². The lowest BCUT2D eigenvalue weighted by Gasteiger charge is -2.06. The first-order chi connectivity index (χ1) is 12.5. The van der Waals surface area contributed by atoms with Gasteiger partial charge in [0.25, 0.3) is 5.69 Å². The second-order valence-electron chi connectivity index (χ2n) is 4.93. The van der Waals surface area contributed by atoms with Crippen molar-refractivity contribution in [1.29, 1.82) is 0 Å². The molecule has 2 rings (SSSR count). The molecule has 0 aliphatic heterocycles. The number of anilines is 1. The predicted molar refractivity (Wildman–Crippen MR) is 95.1 cm³/mol. The van der Waals surface area contributed by atoms with Gasteiger partial charge < -0.3 is 10.1 Å². The summed E-state index contributed by atoms with van der Waals surface area (Å²) >= 11 is 0. The smallest absolute Gasteiger partial charge is 0.329 e. The van der Waals surface area contributed by atoms with Gasteiger partial charge in [-0.2, -0.15) is 5.10 Å². The van der Waals surface area contributed by atoms with Crippen molar-refractivity contribution in [1.82, 2.24) is 5.43 Å². The Hall–Kier alpha value is -3.75. The van der Waals surface area contributed by atoms with Crippen LogP contribution in [-0.2, 0) is 9.59 Å². The second-order valence-corrected chi connectivity index (χ2v) is 4.93. The lowest BCUT2D eigenvalue weighted by atomic mass is 10.2. The van der Waals surface area contributed by atoms with Crippen LogP contribution in [0, 0.1) is 10.1 Å². The lowest BCUT2D eigenvalue weighted by molar-refractivity contribution is -0.385. The molecule has 2 N–H and O–H groups in total. The van der Waals surface area contributed by atoms with Crippen molar-refractivity contribution < 1.29 is 19.2 Å². The molecular weight excluding hydrogens is 340 g/mol. The number of carbonyl (C=O) groups excluding carboxylic acids is 2.